The van der Waals surface area contributed by atoms with Gasteiger partial charge in [0.25, 0.3) is 0 Å². The van der Waals surface area contributed by atoms with Crippen molar-refractivity contribution in [1.29, 1.82) is 0 Å². The minimum Gasteiger partial charge on any atom is -0.370 e. The molecule has 136 valence electrons. The number of benzene rings is 2. The molecule has 0 spiro atoms. The third kappa shape index (κ3) is 4.92. The predicted molar refractivity (Wildman–Crippen MR) is 99.6 cm³/mol. The largest absolute Gasteiger partial charge is 0.370 e. The Bertz CT molecular complexity index is 761. The van der Waals surface area contributed by atoms with Crippen LogP contribution in [0.5, 0.6) is 0 Å². The molecule has 1 atom stereocenters. The molecule has 3 rings (SSSR count). The fourth-order valence-corrected chi connectivity index (χ4v) is 3.10. The van der Waals surface area contributed by atoms with Crippen molar-refractivity contribution in [3.8, 4) is 0 Å². The van der Waals surface area contributed by atoms with Gasteiger partial charge in [0.15, 0.2) is 0 Å². The van der Waals surface area contributed by atoms with Gasteiger partial charge in [-0.3, -0.25) is 9.59 Å². The first-order valence-electron chi connectivity index (χ1n) is 8.88. The zero-order valence-corrected chi connectivity index (χ0v) is 15.0. The SMILES string of the molecule is Cc1cccc(CC(=O)NCC(=O)N2CCO[C@@H](c3ccccc3)C2)c1. The molecule has 1 aliphatic rings. The number of ether oxygens (including phenoxy) is 1. The highest BCUT2D eigenvalue weighted by Gasteiger charge is 2.25. The van der Waals surface area contributed by atoms with Crippen LogP contribution in [0.15, 0.2) is 54.6 Å². The van der Waals surface area contributed by atoms with Gasteiger partial charge in [-0.2, -0.15) is 0 Å². The first-order chi connectivity index (χ1) is 12.6. The van der Waals surface area contributed by atoms with Crippen molar-refractivity contribution >= 4 is 11.8 Å². The number of hydrogen-bond donors (Lipinski definition) is 1. The van der Waals surface area contributed by atoms with Crippen LogP contribution in [-0.4, -0.2) is 43.0 Å². The van der Waals surface area contributed by atoms with E-state index in [4.69, 9.17) is 4.74 Å². The van der Waals surface area contributed by atoms with Crippen LogP contribution in [0.2, 0.25) is 0 Å². The molecule has 2 aromatic carbocycles. The Kier molecular flexibility index (Phi) is 6.02. The molecule has 1 heterocycles. The van der Waals surface area contributed by atoms with Crippen LogP contribution in [0.4, 0.5) is 0 Å². The van der Waals surface area contributed by atoms with Crippen LogP contribution in [0.1, 0.15) is 22.8 Å². The van der Waals surface area contributed by atoms with Gasteiger partial charge in [-0.1, -0.05) is 60.2 Å². The summed E-state index contributed by atoms with van der Waals surface area (Å²) in [5, 5.41) is 2.73. The maximum absolute atomic E-state index is 12.4. The molecular weight excluding hydrogens is 328 g/mol. The molecule has 0 bridgehead atoms. The summed E-state index contributed by atoms with van der Waals surface area (Å²) in [6.45, 7) is 3.58. The molecule has 0 aromatic heterocycles. The molecule has 1 saturated heterocycles. The number of nitrogens with one attached hydrogen (secondary N) is 1. The number of morpholine rings is 1. The molecule has 0 unspecified atom stereocenters. The highest BCUT2D eigenvalue weighted by Crippen LogP contribution is 2.21. The van der Waals surface area contributed by atoms with Crippen LogP contribution in [0.3, 0.4) is 0 Å². The maximum atomic E-state index is 12.4. The zero-order chi connectivity index (χ0) is 18.4. The van der Waals surface area contributed by atoms with Crippen LogP contribution < -0.4 is 5.32 Å². The van der Waals surface area contributed by atoms with Gasteiger partial charge < -0.3 is 15.0 Å². The van der Waals surface area contributed by atoms with Crippen LogP contribution >= 0.6 is 0 Å². The Labute approximate surface area is 154 Å². The number of carbonyl (C=O) groups excluding carboxylic acids is 2. The molecule has 0 radical (unpaired) electrons. The van der Waals surface area contributed by atoms with E-state index in [0.29, 0.717) is 19.7 Å². The van der Waals surface area contributed by atoms with Gasteiger partial charge in [0, 0.05) is 6.54 Å². The highest BCUT2D eigenvalue weighted by atomic mass is 16.5. The topological polar surface area (TPSA) is 58.6 Å². The first-order valence-corrected chi connectivity index (χ1v) is 8.88. The van der Waals surface area contributed by atoms with Crippen LogP contribution in [-0.2, 0) is 20.7 Å². The second-order valence-corrected chi connectivity index (χ2v) is 6.55. The summed E-state index contributed by atoms with van der Waals surface area (Å²) in [5.41, 5.74) is 3.13. The second kappa shape index (κ2) is 8.63. The minimum absolute atomic E-state index is 0.0200. The number of amides is 2. The Morgan fingerprint density at radius 1 is 1.15 bits per heavy atom. The molecule has 2 amide bonds. The molecule has 0 aliphatic carbocycles. The molecule has 2 aromatic rings. The first kappa shape index (κ1) is 18.1. The summed E-state index contributed by atoms with van der Waals surface area (Å²) in [6, 6.07) is 17.7. The van der Waals surface area contributed by atoms with E-state index in [1.54, 1.807) is 4.90 Å². The van der Waals surface area contributed by atoms with Crippen LogP contribution in [0, 0.1) is 6.92 Å². The molecule has 1 aliphatic heterocycles. The Hall–Kier alpha value is -2.66. The minimum atomic E-state index is -0.142. The summed E-state index contributed by atoms with van der Waals surface area (Å²) in [7, 11) is 0. The lowest BCUT2D eigenvalue weighted by Gasteiger charge is -2.33. The van der Waals surface area contributed by atoms with Crippen molar-refractivity contribution < 1.29 is 14.3 Å². The second-order valence-electron chi connectivity index (χ2n) is 6.55. The molecule has 5 heteroatoms. The summed E-state index contributed by atoms with van der Waals surface area (Å²) in [4.78, 5) is 26.3. The molecule has 1 N–H and O–H groups in total. The number of aryl methyl sites for hydroxylation is 1. The van der Waals surface area contributed by atoms with Crippen molar-refractivity contribution in [2.45, 2.75) is 19.4 Å². The lowest BCUT2D eigenvalue weighted by Crippen LogP contribution is -2.46. The monoisotopic (exact) mass is 352 g/mol. The summed E-state index contributed by atoms with van der Waals surface area (Å²) in [5.74, 6) is -0.219. The number of rotatable bonds is 5. The Morgan fingerprint density at radius 2 is 1.96 bits per heavy atom. The van der Waals surface area contributed by atoms with E-state index in [9.17, 15) is 9.59 Å². The third-order valence-electron chi connectivity index (χ3n) is 4.47. The number of hydrogen-bond acceptors (Lipinski definition) is 3. The van der Waals surface area contributed by atoms with Crippen molar-refractivity contribution in [2.24, 2.45) is 0 Å². The number of nitrogens with zero attached hydrogens (tertiary/aromatic N) is 1. The average Bonchev–Trinajstić information content (AvgIpc) is 2.67. The van der Waals surface area contributed by atoms with Crippen molar-refractivity contribution in [3.63, 3.8) is 0 Å². The summed E-state index contributed by atoms with van der Waals surface area (Å²) < 4.78 is 5.78. The quantitative estimate of drug-likeness (QED) is 0.898. The lowest BCUT2D eigenvalue weighted by atomic mass is 10.1. The molecule has 1 fully saturated rings. The van der Waals surface area contributed by atoms with Gasteiger partial charge in [-0.25, -0.2) is 0 Å². The van der Waals surface area contributed by atoms with Gasteiger partial charge in [0.05, 0.1) is 26.1 Å². The van der Waals surface area contributed by atoms with Gasteiger partial charge in [0.2, 0.25) is 11.8 Å². The van der Waals surface area contributed by atoms with E-state index in [-0.39, 0.29) is 30.9 Å². The number of carbonyl (C=O) groups is 2. The normalized spacial score (nSPS) is 17.0. The van der Waals surface area contributed by atoms with E-state index in [1.807, 2.05) is 61.5 Å². The fraction of sp³-hybridized carbons (Fsp3) is 0.333. The fourth-order valence-electron chi connectivity index (χ4n) is 3.10. The van der Waals surface area contributed by atoms with Crippen molar-refractivity contribution in [1.82, 2.24) is 10.2 Å². The summed E-state index contributed by atoms with van der Waals surface area (Å²) in [6.07, 6.45) is 0.168. The standard InChI is InChI=1S/C21H24N2O3/c1-16-6-5-7-17(12-16)13-20(24)22-14-21(25)23-10-11-26-19(15-23)18-8-3-2-4-9-18/h2-9,12,19H,10-11,13-15H2,1H3,(H,22,24)/t19-/m1/s1. The van der Waals surface area contributed by atoms with Crippen LogP contribution in [0.25, 0.3) is 0 Å². The molecule has 5 nitrogen and oxygen atoms in total. The van der Waals surface area contributed by atoms with E-state index in [1.165, 1.54) is 0 Å². The van der Waals surface area contributed by atoms with E-state index >= 15 is 0 Å². The Balaban J connectivity index is 1.49. The van der Waals surface area contributed by atoms with E-state index < -0.39 is 0 Å². The van der Waals surface area contributed by atoms with Gasteiger partial charge in [-0.15, -0.1) is 0 Å². The highest BCUT2D eigenvalue weighted by molar-refractivity contribution is 5.85. The molecule has 26 heavy (non-hydrogen) atoms. The summed E-state index contributed by atoms with van der Waals surface area (Å²) >= 11 is 0. The zero-order valence-electron chi connectivity index (χ0n) is 15.0. The van der Waals surface area contributed by atoms with E-state index in [2.05, 4.69) is 5.32 Å². The van der Waals surface area contributed by atoms with Gasteiger partial charge in [0.1, 0.15) is 6.10 Å². The van der Waals surface area contributed by atoms with E-state index in [0.717, 1.165) is 16.7 Å². The van der Waals surface area contributed by atoms with Crippen molar-refractivity contribution in [2.75, 3.05) is 26.2 Å². The van der Waals surface area contributed by atoms with Gasteiger partial charge >= 0.3 is 0 Å². The third-order valence-corrected chi connectivity index (χ3v) is 4.47. The Morgan fingerprint density at radius 3 is 2.73 bits per heavy atom. The predicted octanol–water partition coefficient (Wildman–Crippen LogP) is 2.25. The van der Waals surface area contributed by atoms with Gasteiger partial charge in [-0.05, 0) is 18.1 Å². The smallest absolute Gasteiger partial charge is 0.242 e. The van der Waals surface area contributed by atoms with Crippen molar-refractivity contribution in [3.05, 3.63) is 71.3 Å². The average molecular weight is 352 g/mol. The molecule has 0 saturated carbocycles. The lowest BCUT2D eigenvalue weighted by molar-refractivity contribution is -0.139. The maximum Gasteiger partial charge on any atom is 0.242 e. The molecular formula is C21H24N2O3.